The molecule has 2 rings (SSSR count). The molecule has 0 bridgehead atoms. The molecule has 0 saturated heterocycles. The van der Waals surface area contributed by atoms with Crippen molar-refractivity contribution in [3.05, 3.63) is 47.7 Å². The third-order valence-electron chi connectivity index (χ3n) is 3.69. The number of aromatic nitrogens is 2. The van der Waals surface area contributed by atoms with Crippen LogP contribution in [0.5, 0.6) is 0 Å². The van der Waals surface area contributed by atoms with Gasteiger partial charge in [0, 0.05) is 37.3 Å². The molecule has 0 unspecified atom stereocenters. The number of carbonyl (C=O) groups is 3. The first-order chi connectivity index (χ1) is 12.3. The number of nitrogens with one attached hydrogen (secondary N) is 1. The minimum absolute atomic E-state index is 0.0590. The maximum atomic E-state index is 12.2. The number of aliphatic carboxylic acids is 1. The molecule has 2 N–H and O–H groups in total. The van der Waals surface area contributed by atoms with Crippen LogP contribution in [0.2, 0.25) is 0 Å². The number of amides is 2. The Bertz CT molecular complexity index is 796. The monoisotopic (exact) mass is 358 g/mol. The van der Waals surface area contributed by atoms with Crippen LogP contribution < -0.4 is 5.32 Å². The van der Waals surface area contributed by atoms with E-state index in [9.17, 15) is 14.4 Å². The van der Waals surface area contributed by atoms with Gasteiger partial charge in [0.25, 0.3) is 5.91 Å². The van der Waals surface area contributed by atoms with Crippen molar-refractivity contribution >= 4 is 23.6 Å². The van der Waals surface area contributed by atoms with Crippen LogP contribution in [-0.4, -0.2) is 44.6 Å². The molecule has 1 heterocycles. The number of hydrogen-bond acceptors (Lipinski definition) is 4. The lowest BCUT2D eigenvalue weighted by atomic mass is 10.1. The van der Waals surface area contributed by atoms with Gasteiger partial charge in [0.05, 0.1) is 0 Å². The number of carboxylic acids is 1. The second kappa shape index (κ2) is 8.28. The first-order valence-corrected chi connectivity index (χ1v) is 8.16. The van der Waals surface area contributed by atoms with Crippen LogP contribution in [0.15, 0.2) is 36.5 Å². The number of nitrogens with zero attached hydrogens (tertiary/aromatic N) is 3. The molecule has 2 aromatic rings. The molecule has 1 aromatic carbocycles. The molecule has 0 atom stereocenters. The van der Waals surface area contributed by atoms with Crippen LogP contribution in [-0.2, 0) is 22.7 Å². The van der Waals surface area contributed by atoms with Crippen LogP contribution in [0.1, 0.15) is 29.8 Å². The molecule has 0 aliphatic rings. The van der Waals surface area contributed by atoms with E-state index in [4.69, 9.17) is 5.11 Å². The highest BCUT2D eigenvalue weighted by molar-refractivity contribution is 6.03. The summed E-state index contributed by atoms with van der Waals surface area (Å²) in [5.41, 5.74) is 1.36. The van der Waals surface area contributed by atoms with Crippen molar-refractivity contribution in [2.45, 2.75) is 26.9 Å². The fourth-order valence-corrected chi connectivity index (χ4v) is 2.40. The number of benzene rings is 1. The predicted octanol–water partition coefficient (Wildman–Crippen LogP) is 1.83. The average Bonchev–Trinajstić information content (AvgIpc) is 3.00. The Balaban J connectivity index is 1.97. The van der Waals surface area contributed by atoms with Crippen molar-refractivity contribution in [2.75, 3.05) is 12.4 Å². The molecule has 2 amide bonds. The molecule has 8 heteroatoms. The number of hydrogen-bond donors (Lipinski definition) is 2. The first-order valence-electron chi connectivity index (χ1n) is 8.16. The summed E-state index contributed by atoms with van der Waals surface area (Å²) in [5, 5.41) is 15.3. The maximum absolute atomic E-state index is 12.2. The highest BCUT2D eigenvalue weighted by atomic mass is 16.4. The smallest absolute Gasteiger partial charge is 0.325 e. The van der Waals surface area contributed by atoms with E-state index in [1.807, 2.05) is 13.8 Å². The molecular weight excluding hydrogens is 336 g/mol. The Kier molecular flexibility index (Phi) is 6.11. The lowest BCUT2D eigenvalue weighted by Gasteiger charge is -2.19. The molecule has 0 aliphatic carbocycles. The van der Waals surface area contributed by atoms with Crippen LogP contribution in [0.4, 0.5) is 5.82 Å². The quantitative estimate of drug-likeness (QED) is 0.786. The van der Waals surface area contributed by atoms with E-state index in [1.165, 1.54) is 16.9 Å². The zero-order valence-corrected chi connectivity index (χ0v) is 15.0. The summed E-state index contributed by atoms with van der Waals surface area (Å²) in [6, 6.07) is 8.46. The number of carboxylic acid groups (broad SMARTS) is 1. The minimum Gasteiger partial charge on any atom is -0.480 e. The SMILES string of the molecule is CC(C)C(=O)N(C)Cc1ccc(C(=O)Nc2ccn(CC(=O)O)n2)cc1. The molecule has 0 aliphatic heterocycles. The van der Waals surface area contributed by atoms with E-state index >= 15 is 0 Å². The Labute approximate surface area is 151 Å². The first kappa shape index (κ1) is 19.2. The van der Waals surface area contributed by atoms with Gasteiger partial charge in [-0.2, -0.15) is 5.10 Å². The topological polar surface area (TPSA) is 105 Å². The molecule has 0 fully saturated rings. The summed E-state index contributed by atoms with van der Waals surface area (Å²) in [7, 11) is 1.75. The summed E-state index contributed by atoms with van der Waals surface area (Å²) >= 11 is 0. The van der Waals surface area contributed by atoms with Crippen molar-refractivity contribution < 1.29 is 19.5 Å². The number of rotatable bonds is 7. The van der Waals surface area contributed by atoms with E-state index in [-0.39, 0.29) is 30.1 Å². The second-order valence-electron chi connectivity index (χ2n) is 6.29. The van der Waals surface area contributed by atoms with Crippen LogP contribution in [0, 0.1) is 5.92 Å². The van der Waals surface area contributed by atoms with Gasteiger partial charge in [0.15, 0.2) is 5.82 Å². The van der Waals surface area contributed by atoms with Gasteiger partial charge in [-0.3, -0.25) is 19.1 Å². The predicted molar refractivity (Wildman–Crippen MR) is 95.6 cm³/mol. The van der Waals surface area contributed by atoms with E-state index in [2.05, 4.69) is 10.4 Å². The van der Waals surface area contributed by atoms with Gasteiger partial charge in [-0.15, -0.1) is 0 Å². The fraction of sp³-hybridized carbons (Fsp3) is 0.333. The standard InChI is InChI=1S/C18H22N4O4/c1-12(2)18(26)21(3)10-13-4-6-14(7-5-13)17(25)19-15-8-9-22(20-15)11-16(23)24/h4-9,12H,10-11H2,1-3H3,(H,23,24)(H,19,20,25). The highest BCUT2D eigenvalue weighted by Crippen LogP contribution is 2.11. The molecule has 0 radical (unpaired) electrons. The van der Waals surface area contributed by atoms with Crippen molar-refractivity contribution in [3.63, 3.8) is 0 Å². The molecule has 26 heavy (non-hydrogen) atoms. The summed E-state index contributed by atoms with van der Waals surface area (Å²) in [6.07, 6.45) is 1.48. The third kappa shape index (κ3) is 5.17. The lowest BCUT2D eigenvalue weighted by molar-refractivity contribution is -0.138. The average molecular weight is 358 g/mol. The van der Waals surface area contributed by atoms with Crippen LogP contribution in [0.3, 0.4) is 0 Å². The van der Waals surface area contributed by atoms with Crippen molar-refractivity contribution in [1.29, 1.82) is 0 Å². The molecule has 138 valence electrons. The van der Waals surface area contributed by atoms with E-state index in [0.29, 0.717) is 12.1 Å². The zero-order chi connectivity index (χ0) is 19.3. The Morgan fingerprint density at radius 2 is 1.85 bits per heavy atom. The van der Waals surface area contributed by atoms with Gasteiger partial charge in [-0.25, -0.2) is 0 Å². The summed E-state index contributed by atoms with van der Waals surface area (Å²) in [6.45, 7) is 3.90. The second-order valence-corrected chi connectivity index (χ2v) is 6.29. The van der Waals surface area contributed by atoms with Crippen LogP contribution in [0.25, 0.3) is 0 Å². The molecular formula is C18H22N4O4. The fourth-order valence-electron chi connectivity index (χ4n) is 2.40. The zero-order valence-electron chi connectivity index (χ0n) is 15.0. The Morgan fingerprint density at radius 3 is 2.42 bits per heavy atom. The lowest BCUT2D eigenvalue weighted by Crippen LogP contribution is -2.29. The third-order valence-corrected chi connectivity index (χ3v) is 3.69. The Hall–Kier alpha value is -3.16. The summed E-state index contributed by atoms with van der Waals surface area (Å²) in [4.78, 5) is 36.4. The Morgan fingerprint density at radius 1 is 1.19 bits per heavy atom. The van der Waals surface area contributed by atoms with Crippen molar-refractivity contribution in [3.8, 4) is 0 Å². The van der Waals surface area contributed by atoms with Gasteiger partial charge in [0.2, 0.25) is 5.91 Å². The molecule has 8 nitrogen and oxygen atoms in total. The van der Waals surface area contributed by atoms with Gasteiger partial charge in [0.1, 0.15) is 6.54 Å². The number of carbonyl (C=O) groups excluding carboxylic acids is 2. The molecule has 1 aromatic heterocycles. The van der Waals surface area contributed by atoms with Crippen LogP contribution >= 0.6 is 0 Å². The normalized spacial score (nSPS) is 10.6. The number of anilines is 1. The summed E-state index contributed by atoms with van der Waals surface area (Å²) in [5.74, 6) is -1.08. The molecule has 0 spiro atoms. The van der Waals surface area contributed by atoms with Gasteiger partial charge in [-0.05, 0) is 17.7 Å². The van der Waals surface area contributed by atoms with Gasteiger partial charge < -0.3 is 15.3 Å². The van der Waals surface area contributed by atoms with Crippen molar-refractivity contribution in [2.24, 2.45) is 5.92 Å². The van der Waals surface area contributed by atoms with E-state index < -0.39 is 5.97 Å². The highest BCUT2D eigenvalue weighted by Gasteiger charge is 2.14. The minimum atomic E-state index is -1.01. The maximum Gasteiger partial charge on any atom is 0.325 e. The van der Waals surface area contributed by atoms with E-state index in [1.54, 1.807) is 36.2 Å². The van der Waals surface area contributed by atoms with Gasteiger partial charge in [-0.1, -0.05) is 26.0 Å². The molecule has 0 saturated carbocycles. The van der Waals surface area contributed by atoms with Gasteiger partial charge >= 0.3 is 5.97 Å². The van der Waals surface area contributed by atoms with E-state index in [0.717, 1.165) is 5.56 Å². The van der Waals surface area contributed by atoms with Crippen molar-refractivity contribution in [1.82, 2.24) is 14.7 Å². The summed E-state index contributed by atoms with van der Waals surface area (Å²) < 4.78 is 1.22. The largest absolute Gasteiger partial charge is 0.480 e.